The van der Waals surface area contributed by atoms with E-state index >= 15 is 0 Å². The number of hydrogen-bond donors (Lipinski definition) is 0. The van der Waals surface area contributed by atoms with Gasteiger partial charge in [-0.25, -0.2) is 0 Å². The Balaban J connectivity index is 3.43. The van der Waals surface area contributed by atoms with Gasteiger partial charge in [-0.3, -0.25) is 0 Å². The van der Waals surface area contributed by atoms with Crippen molar-refractivity contribution >= 4 is 21.4 Å². The third-order valence-corrected chi connectivity index (χ3v) is 14.3. The predicted molar refractivity (Wildman–Crippen MR) is 73.1 cm³/mol. The van der Waals surface area contributed by atoms with E-state index in [-0.39, 0.29) is 0 Å². The van der Waals surface area contributed by atoms with E-state index in [4.69, 9.17) is 0 Å². The molecule has 0 aromatic carbocycles. The minimum absolute atomic E-state index is 0.714. The Labute approximate surface area is 105 Å². The number of hydrogen-bond acceptors (Lipinski definition) is 1. The van der Waals surface area contributed by atoms with Gasteiger partial charge in [0.05, 0.1) is 0 Å². The van der Waals surface area contributed by atoms with E-state index in [0.29, 0.717) is 6.04 Å². The van der Waals surface area contributed by atoms with Crippen molar-refractivity contribution < 1.29 is 0 Å². The van der Waals surface area contributed by atoms with Crippen LogP contribution in [-0.2, 0) is 0 Å². The van der Waals surface area contributed by atoms with E-state index in [2.05, 4.69) is 39.6 Å². The van der Waals surface area contributed by atoms with Gasteiger partial charge in [0.15, 0.2) is 0 Å². The van der Waals surface area contributed by atoms with E-state index in [0.717, 1.165) is 0 Å². The van der Waals surface area contributed by atoms with Gasteiger partial charge in [0.1, 0.15) is 0 Å². The van der Waals surface area contributed by atoms with Crippen molar-refractivity contribution in [2.45, 2.75) is 65.5 Å². The Morgan fingerprint density at radius 1 is 1.07 bits per heavy atom. The molecule has 0 saturated heterocycles. The fraction of sp³-hybridized carbons (Fsp3) is 1.00. The first-order valence-electron chi connectivity index (χ1n) is 6.82. The predicted octanol–water partition coefficient (Wildman–Crippen LogP) is 4.03. The molecule has 0 aliphatic heterocycles. The molecule has 0 heterocycles. The number of nitrogens with zero attached hydrogens (tertiary/aromatic N) is 1. The molecule has 1 nitrogen and oxygen atoms in total. The molecular formula is C13H30InN. The van der Waals surface area contributed by atoms with Crippen LogP contribution >= 0.6 is 0 Å². The maximum absolute atomic E-state index is 2.47. The van der Waals surface area contributed by atoms with E-state index in [9.17, 15) is 0 Å². The maximum atomic E-state index is 2.47. The molecule has 0 aromatic heterocycles. The topological polar surface area (TPSA) is 3.24 Å². The van der Waals surface area contributed by atoms with Crippen molar-refractivity contribution in [1.29, 1.82) is 0 Å². The van der Waals surface area contributed by atoms with Crippen LogP contribution in [0.2, 0.25) is 12.5 Å². The van der Waals surface area contributed by atoms with Crippen molar-refractivity contribution in [3.8, 4) is 0 Å². The molecule has 0 amide bonds. The van der Waals surface area contributed by atoms with Gasteiger partial charge in [-0.2, -0.15) is 0 Å². The Morgan fingerprint density at radius 3 is 2.20 bits per heavy atom. The Bertz CT molecular complexity index is 136. The fourth-order valence-electron chi connectivity index (χ4n) is 2.01. The van der Waals surface area contributed by atoms with Crippen LogP contribution in [0.5, 0.6) is 0 Å². The van der Waals surface area contributed by atoms with Crippen molar-refractivity contribution in [2.75, 3.05) is 13.6 Å². The summed E-state index contributed by atoms with van der Waals surface area (Å²) in [7, 11) is 2.25. The van der Waals surface area contributed by atoms with Gasteiger partial charge in [-0.15, -0.1) is 0 Å². The number of unbranched alkanes of at least 4 members (excludes halogenated alkanes) is 1. The molecule has 2 heteroatoms. The SMILES string of the molecule is CC[CH2][In]([CH2]C)[CH2]CCCN(C)C(C)C. The van der Waals surface area contributed by atoms with Crippen LogP contribution in [0.4, 0.5) is 0 Å². The fourth-order valence-corrected chi connectivity index (χ4v) is 9.97. The molecule has 0 aromatic rings. The summed E-state index contributed by atoms with van der Waals surface area (Å²) in [6, 6.07) is 0.714. The van der Waals surface area contributed by atoms with Gasteiger partial charge < -0.3 is 0 Å². The first-order chi connectivity index (χ1) is 7.11. The molecule has 0 spiro atoms. The second kappa shape index (κ2) is 10.0. The summed E-state index contributed by atoms with van der Waals surface area (Å²) in [6.45, 7) is 10.6. The summed E-state index contributed by atoms with van der Waals surface area (Å²) in [5.41, 5.74) is 0. The van der Waals surface area contributed by atoms with E-state index in [1.165, 1.54) is 25.8 Å². The van der Waals surface area contributed by atoms with E-state index in [1.807, 2.05) is 0 Å². The molecule has 15 heavy (non-hydrogen) atoms. The van der Waals surface area contributed by atoms with Crippen LogP contribution in [0.1, 0.15) is 47.0 Å². The zero-order valence-corrected chi connectivity index (χ0v) is 14.8. The molecule has 0 aliphatic carbocycles. The van der Waals surface area contributed by atoms with Crippen LogP contribution in [0, 0.1) is 0 Å². The number of rotatable bonds is 9. The van der Waals surface area contributed by atoms with Gasteiger partial charge in [-0.05, 0) is 0 Å². The molecule has 0 fully saturated rings. The standard InChI is InChI=1S/C8H18N.C3H7.C2H5.In/c1-5-6-7-9(4)8(2)3;1-3-2;1-2;/h8H,1,5-7H2,2-4H3;1,3H2,2H3;1H2,2H3;. The summed E-state index contributed by atoms with van der Waals surface area (Å²) in [5.74, 6) is 0. The first-order valence-corrected chi connectivity index (χ1v) is 13.8. The summed E-state index contributed by atoms with van der Waals surface area (Å²) < 4.78 is 4.87. The van der Waals surface area contributed by atoms with Crippen LogP contribution in [-0.4, -0.2) is 46.0 Å². The van der Waals surface area contributed by atoms with Crippen LogP contribution < -0.4 is 0 Å². The molecule has 0 saturated carbocycles. The van der Waals surface area contributed by atoms with Crippen LogP contribution in [0.25, 0.3) is 0 Å². The average Bonchev–Trinajstić information content (AvgIpc) is 2.22. The molecular weight excluding hydrogens is 285 g/mol. The molecule has 0 atom stereocenters. The van der Waals surface area contributed by atoms with E-state index in [1.54, 1.807) is 12.5 Å². The molecule has 0 bridgehead atoms. The second-order valence-electron chi connectivity index (χ2n) is 5.13. The third kappa shape index (κ3) is 8.62. The van der Waals surface area contributed by atoms with Crippen LogP contribution in [0.3, 0.4) is 0 Å². The molecule has 90 valence electrons. The minimum atomic E-state index is -0.987. The second-order valence-corrected chi connectivity index (χ2v) is 15.7. The first kappa shape index (κ1) is 15.8. The van der Waals surface area contributed by atoms with Crippen molar-refractivity contribution in [2.24, 2.45) is 0 Å². The van der Waals surface area contributed by atoms with Gasteiger partial charge in [0.25, 0.3) is 0 Å². The molecule has 0 radical (unpaired) electrons. The zero-order chi connectivity index (χ0) is 11.7. The third-order valence-electron chi connectivity index (χ3n) is 3.53. The summed E-state index contributed by atoms with van der Waals surface area (Å²) >= 11 is -0.987. The molecule has 0 unspecified atom stereocenters. The molecule has 0 rings (SSSR count). The van der Waals surface area contributed by atoms with Crippen molar-refractivity contribution in [3.05, 3.63) is 0 Å². The van der Waals surface area contributed by atoms with Gasteiger partial charge >= 0.3 is 105 Å². The summed E-state index contributed by atoms with van der Waals surface area (Å²) in [6.07, 6.45) is 4.37. The average molecular weight is 315 g/mol. The zero-order valence-electron chi connectivity index (χ0n) is 11.6. The Hall–Kier alpha value is 0.830. The van der Waals surface area contributed by atoms with Crippen molar-refractivity contribution in [3.63, 3.8) is 0 Å². The summed E-state index contributed by atoms with van der Waals surface area (Å²) in [4.78, 5) is 2.47. The van der Waals surface area contributed by atoms with Crippen molar-refractivity contribution in [1.82, 2.24) is 4.90 Å². The Kier molecular flexibility index (Phi) is 10.6. The normalized spacial score (nSPS) is 11.4. The van der Waals surface area contributed by atoms with E-state index < -0.39 is 21.4 Å². The Morgan fingerprint density at radius 2 is 1.73 bits per heavy atom. The molecule has 0 N–H and O–H groups in total. The molecule has 0 aliphatic rings. The van der Waals surface area contributed by atoms with Gasteiger partial charge in [-0.1, -0.05) is 0 Å². The van der Waals surface area contributed by atoms with Gasteiger partial charge in [0, 0.05) is 0 Å². The van der Waals surface area contributed by atoms with Crippen LogP contribution in [0.15, 0.2) is 0 Å². The quantitative estimate of drug-likeness (QED) is 0.581. The van der Waals surface area contributed by atoms with Gasteiger partial charge in [0.2, 0.25) is 0 Å². The monoisotopic (exact) mass is 315 g/mol. The summed E-state index contributed by atoms with van der Waals surface area (Å²) in [5, 5.41) is 0.